The molecule has 2 heterocycles. The summed E-state index contributed by atoms with van der Waals surface area (Å²) < 4.78 is 5.05. The number of carbonyl (C=O) groups is 4. The van der Waals surface area contributed by atoms with Gasteiger partial charge in [0.25, 0.3) is 17.5 Å². The number of amides is 4. The standard InChI is InChI=1S/C18H18N4O7/c1-3-12-14(17(25)29-4-2)13(20-18(26)19-12)8-21-15(23)10-6-5-9(22(27)28)7-11(10)16(21)24/h5-7,12H,3-4,8H2,1-2H3,(H2,19,20,26). The molecule has 2 N–H and O–H groups in total. The van der Waals surface area contributed by atoms with Gasteiger partial charge in [-0.3, -0.25) is 24.6 Å². The van der Waals surface area contributed by atoms with Crippen LogP contribution in [0.4, 0.5) is 10.5 Å². The van der Waals surface area contributed by atoms with E-state index in [0.29, 0.717) is 6.42 Å². The van der Waals surface area contributed by atoms with Gasteiger partial charge in [0.1, 0.15) is 0 Å². The van der Waals surface area contributed by atoms with Crippen LogP contribution in [0.25, 0.3) is 0 Å². The topological polar surface area (TPSA) is 148 Å². The zero-order valence-corrected chi connectivity index (χ0v) is 15.7. The molecule has 2 aliphatic heterocycles. The molecule has 29 heavy (non-hydrogen) atoms. The van der Waals surface area contributed by atoms with E-state index in [4.69, 9.17) is 4.74 Å². The highest BCUT2D eigenvalue weighted by Gasteiger charge is 2.40. The molecule has 11 nitrogen and oxygen atoms in total. The summed E-state index contributed by atoms with van der Waals surface area (Å²) >= 11 is 0. The third-order valence-corrected chi connectivity index (χ3v) is 4.63. The molecule has 0 bridgehead atoms. The van der Waals surface area contributed by atoms with E-state index in [1.165, 1.54) is 6.07 Å². The van der Waals surface area contributed by atoms with E-state index < -0.39 is 34.8 Å². The fraction of sp³-hybridized carbons (Fsp3) is 0.333. The summed E-state index contributed by atoms with van der Waals surface area (Å²) in [5.41, 5.74) is -0.208. The number of urea groups is 1. The first kappa shape index (κ1) is 20.0. The van der Waals surface area contributed by atoms with Gasteiger partial charge in [0.05, 0.1) is 46.5 Å². The number of nitro benzene ring substituents is 1. The Morgan fingerprint density at radius 2 is 1.90 bits per heavy atom. The lowest BCUT2D eigenvalue weighted by Gasteiger charge is -2.29. The maximum absolute atomic E-state index is 12.7. The summed E-state index contributed by atoms with van der Waals surface area (Å²) in [4.78, 5) is 60.9. The predicted octanol–water partition coefficient (Wildman–Crippen LogP) is 1.10. The lowest BCUT2D eigenvalue weighted by molar-refractivity contribution is -0.384. The van der Waals surface area contributed by atoms with Crippen molar-refractivity contribution >= 4 is 29.5 Å². The summed E-state index contributed by atoms with van der Waals surface area (Å²) in [5, 5.41) is 16.0. The van der Waals surface area contributed by atoms with Gasteiger partial charge in [-0.05, 0) is 19.4 Å². The van der Waals surface area contributed by atoms with Crippen molar-refractivity contribution in [1.29, 1.82) is 0 Å². The van der Waals surface area contributed by atoms with Crippen LogP contribution in [0, 0.1) is 10.1 Å². The van der Waals surface area contributed by atoms with Crippen LogP contribution in [0.3, 0.4) is 0 Å². The van der Waals surface area contributed by atoms with Crippen LogP contribution in [-0.2, 0) is 9.53 Å². The van der Waals surface area contributed by atoms with Crippen molar-refractivity contribution in [1.82, 2.24) is 15.5 Å². The van der Waals surface area contributed by atoms with E-state index in [2.05, 4.69) is 10.6 Å². The average Bonchev–Trinajstić information content (AvgIpc) is 2.92. The molecule has 152 valence electrons. The van der Waals surface area contributed by atoms with Crippen molar-refractivity contribution in [3.05, 3.63) is 50.7 Å². The van der Waals surface area contributed by atoms with Crippen molar-refractivity contribution in [2.24, 2.45) is 0 Å². The minimum atomic E-state index is -0.745. The Kier molecular flexibility index (Phi) is 5.31. The largest absolute Gasteiger partial charge is 0.463 e. The van der Waals surface area contributed by atoms with Gasteiger partial charge in [0.2, 0.25) is 0 Å². The average molecular weight is 402 g/mol. The van der Waals surface area contributed by atoms with Crippen molar-refractivity contribution < 1.29 is 28.8 Å². The van der Waals surface area contributed by atoms with Gasteiger partial charge < -0.3 is 15.4 Å². The smallest absolute Gasteiger partial charge is 0.337 e. The van der Waals surface area contributed by atoms with Crippen LogP contribution >= 0.6 is 0 Å². The Morgan fingerprint density at radius 3 is 2.52 bits per heavy atom. The zero-order chi connectivity index (χ0) is 21.3. The first-order valence-corrected chi connectivity index (χ1v) is 8.90. The van der Waals surface area contributed by atoms with Crippen molar-refractivity contribution in [3.63, 3.8) is 0 Å². The number of non-ortho nitro benzene ring substituents is 1. The second-order valence-corrected chi connectivity index (χ2v) is 6.36. The Morgan fingerprint density at radius 1 is 1.21 bits per heavy atom. The normalized spacial score (nSPS) is 18.3. The van der Waals surface area contributed by atoms with E-state index in [0.717, 1.165) is 17.0 Å². The molecule has 0 spiro atoms. The fourth-order valence-electron chi connectivity index (χ4n) is 3.28. The van der Waals surface area contributed by atoms with E-state index in [1.54, 1.807) is 13.8 Å². The van der Waals surface area contributed by atoms with Crippen molar-refractivity contribution in [3.8, 4) is 0 Å². The zero-order valence-electron chi connectivity index (χ0n) is 15.7. The van der Waals surface area contributed by atoms with E-state index in [1.807, 2.05) is 0 Å². The number of hydrogen-bond donors (Lipinski definition) is 2. The van der Waals surface area contributed by atoms with Crippen LogP contribution in [0.5, 0.6) is 0 Å². The number of rotatable bonds is 6. The molecular weight excluding hydrogens is 384 g/mol. The highest BCUT2D eigenvalue weighted by atomic mass is 16.6. The highest BCUT2D eigenvalue weighted by Crippen LogP contribution is 2.28. The maximum Gasteiger partial charge on any atom is 0.337 e. The second kappa shape index (κ2) is 7.70. The number of nitrogens with one attached hydrogen (secondary N) is 2. The number of fused-ring (bicyclic) bond motifs is 1. The number of benzene rings is 1. The molecule has 1 aromatic carbocycles. The van der Waals surface area contributed by atoms with Crippen LogP contribution < -0.4 is 10.6 Å². The SMILES string of the molecule is CCOC(=O)C1=C(CN2C(=O)c3ccc([N+](=O)[O-])cc3C2=O)NC(=O)NC1CC. The lowest BCUT2D eigenvalue weighted by atomic mass is 10.00. The first-order chi connectivity index (χ1) is 13.8. The van der Waals surface area contributed by atoms with Gasteiger partial charge in [-0.2, -0.15) is 0 Å². The molecule has 3 rings (SSSR count). The molecule has 1 aromatic rings. The number of nitro groups is 1. The van der Waals surface area contributed by atoms with Gasteiger partial charge in [0, 0.05) is 12.1 Å². The molecule has 1 unspecified atom stereocenters. The lowest BCUT2D eigenvalue weighted by Crippen LogP contribution is -2.52. The van der Waals surface area contributed by atoms with Crippen molar-refractivity contribution in [2.75, 3.05) is 13.2 Å². The molecule has 0 fully saturated rings. The number of hydrogen-bond acceptors (Lipinski definition) is 7. The highest BCUT2D eigenvalue weighted by molar-refractivity contribution is 6.21. The van der Waals surface area contributed by atoms with Gasteiger partial charge in [-0.25, -0.2) is 9.59 Å². The minimum Gasteiger partial charge on any atom is -0.463 e. The Labute approximate surface area is 164 Å². The third-order valence-electron chi connectivity index (χ3n) is 4.63. The number of nitrogens with zero attached hydrogens (tertiary/aromatic N) is 2. The van der Waals surface area contributed by atoms with Gasteiger partial charge in [-0.15, -0.1) is 0 Å². The first-order valence-electron chi connectivity index (χ1n) is 8.90. The van der Waals surface area contributed by atoms with E-state index in [9.17, 15) is 29.3 Å². The summed E-state index contributed by atoms with van der Waals surface area (Å²) in [7, 11) is 0. The fourth-order valence-corrected chi connectivity index (χ4v) is 3.28. The van der Waals surface area contributed by atoms with Crippen LogP contribution in [0.2, 0.25) is 0 Å². The maximum atomic E-state index is 12.7. The number of imide groups is 1. The second-order valence-electron chi connectivity index (χ2n) is 6.36. The van der Waals surface area contributed by atoms with E-state index >= 15 is 0 Å². The third kappa shape index (κ3) is 3.53. The molecule has 0 aromatic heterocycles. The quantitative estimate of drug-likeness (QED) is 0.313. The molecule has 2 aliphatic rings. The molecule has 0 saturated carbocycles. The van der Waals surface area contributed by atoms with Crippen LogP contribution in [-0.4, -0.2) is 52.8 Å². The molecule has 0 aliphatic carbocycles. The van der Waals surface area contributed by atoms with Crippen LogP contribution in [0.1, 0.15) is 41.0 Å². The summed E-state index contributed by atoms with van der Waals surface area (Å²) in [6.07, 6.45) is 0.388. The molecule has 0 saturated heterocycles. The molecule has 4 amide bonds. The Balaban J connectivity index is 1.98. The monoisotopic (exact) mass is 402 g/mol. The number of esters is 1. The Hall–Kier alpha value is -3.76. The number of carbonyl (C=O) groups excluding carboxylic acids is 4. The molecule has 0 radical (unpaired) electrons. The van der Waals surface area contributed by atoms with Gasteiger partial charge in [-0.1, -0.05) is 6.92 Å². The summed E-state index contributed by atoms with van der Waals surface area (Å²) in [6.45, 7) is 3.12. The molecule has 11 heteroatoms. The predicted molar refractivity (Wildman–Crippen MR) is 97.9 cm³/mol. The van der Waals surface area contributed by atoms with Gasteiger partial charge in [0.15, 0.2) is 0 Å². The van der Waals surface area contributed by atoms with E-state index in [-0.39, 0.29) is 41.2 Å². The molecule has 1 atom stereocenters. The molecular formula is C18H18N4O7. The summed E-state index contributed by atoms with van der Waals surface area (Å²) in [6, 6.07) is 2.16. The van der Waals surface area contributed by atoms with Crippen LogP contribution in [0.15, 0.2) is 29.5 Å². The van der Waals surface area contributed by atoms with Gasteiger partial charge >= 0.3 is 12.0 Å². The minimum absolute atomic E-state index is 0.0196. The summed E-state index contributed by atoms with van der Waals surface area (Å²) in [5.74, 6) is -2.09. The van der Waals surface area contributed by atoms with Crippen molar-refractivity contribution in [2.45, 2.75) is 26.3 Å². The number of ether oxygens (including phenoxy) is 1. The Bertz CT molecular complexity index is 969.